The van der Waals surface area contributed by atoms with Gasteiger partial charge in [0.25, 0.3) is 5.91 Å². The first-order valence-electron chi connectivity index (χ1n) is 5.27. The molecule has 0 saturated heterocycles. The molecule has 1 aromatic heterocycles. The number of halogens is 3. The van der Waals surface area contributed by atoms with E-state index in [-0.39, 0.29) is 4.88 Å². The van der Waals surface area contributed by atoms with Gasteiger partial charge < -0.3 is 10.4 Å². The number of aryl methyl sites for hydroxylation is 2. The molecule has 0 saturated carbocycles. The molecule has 1 amide bonds. The second kappa shape index (κ2) is 5.60. The summed E-state index contributed by atoms with van der Waals surface area (Å²) < 4.78 is 37.7. The molecule has 4 nitrogen and oxygen atoms in total. The van der Waals surface area contributed by atoms with Crippen molar-refractivity contribution in [1.82, 2.24) is 5.32 Å². The van der Waals surface area contributed by atoms with Crippen LogP contribution in [-0.2, 0) is 4.79 Å². The maximum atomic E-state index is 12.6. The Morgan fingerprint density at radius 3 is 2.37 bits per heavy atom. The van der Waals surface area contributed by atoms with Crippen molar-refractivity contribution in [3.63, 3.8) is 0 Å². The molecule has 8 heteroatoms. The summed E-state index contributed by atoms with van der Waals surface area (Å²) in [5.74, 6) is -2.54. The number of carbonyl (C=O) groups is 2. The molecule has 0 aliphatic carbocycles. The van der Waals surface area contributed by atoms with Crippen LogP contribution in [0, 0.1) is 13.8 Å². The Bertz CT molecular complexity index is 476. The number of amides is 1. The summed E-state index contributed by atoms with van der Waals surface area (Å²) in [5, 5.41) is 10.1. The van der Waals surface area contributed by atoms with Crippen LogP contribution in [0.1, 0.15) is 26.5 Å². The van der Waals surface area contributed by atoms with Gasteiger partial charge in [0.1, 0.15) is 6.04 Å². The Labute approximate surface area is 111 Å². The third kappa shape index (κ3) is 4.23. The van der Waals surface area contributed by atoms with Crippen molar-refractivity contribution in [2.75, 3.05) is 0 Å². The zero-order chi connectivity index (χ0) is 14.8. The molecule has 0 aliphatic heterocycles. The Morgan fingerprint density at radius 1 is 1.42 bits per heavy atom. The molecule has 0 fully saturated rings. The van der Waals surface area contributed by atoms with Gasteiger partial charge in [-0.25, -0.2) is 0 Å². The smallest absolute Gasteiger partial charge is 0.409 e. The van der Waals surface area contributed by atoms with Gasteiger partial charge in [0.2, 0.25) is 0 Å². The van der Waals surface area contributed by atoms with Crippen LogP contribution >= 0.6 is 11.3 Å². The first-order chi connectivity index (χ1) is 8.61. The summed E-state index contributed by atoms with van der Waals surface area (Å²) in [6, 6.07) is -0.913. The number of thiophene rings is 1. The standard InChI is InChI=1S/C11H12F3NO3S/c1-5-3-7(19-6(5)2)10(18)15-8(4-9(16)17)11(12,13)14/h3,8H,4H2,1-2H3,(H,15,18)(H,16,17). The van der Waals surface area contributed by atoms with E-state index >= 15 is 0 Å². The van der Waals surface area contributed by atoms with Gasteiger partial charge in [-0.1, -0.05) is 0 Å². The third-order valence-electron chi connectivity index (χ3n) is 2.47. The zero-order valence-corrected chi connectivity index (χ0v) is 11.0. The molecule has 0 aliphatic rings. The van der Waals surface area contributed by atoms with Crippen molar-refractivity contribution < 1.29 is 27.9 Å². The predicted molar refractivity (Wildman–Crippen MR) is 63.4 cm³/mol. The van der Waals surface area contributed by atoms with Crippen LogP contribution in [0.25, 0.3) is 0 Å². The highest BCUT2D eigenvalue weighted by atomic mass is 32.1. The van der Waals surface area contributed by atoms with Gasteiger partial charge in [0.05, 0.1) is 11.3 Å². The highest BCUT2D eigenvalue weighted by molar-refractivity contribution is 7.14. The largest absolute Gasteiger partial charge is 0.481 e. The van der Waals surface area contributed by atoms with Crippen LogP contribution in [0.2, 0.25) is 0 Å². The summed E-state index contributed by atoms with van der Waals surface area (Å²) in [5.41, 5.74) is 0.803. The molecule has 0 spiro atoms. The van der Waals surface area contributed by atoms with Crippen molar-refractivity contribution in [2.45, 2.75) is 32.5 Å². The molecule has 1 atom stereocenters. The van der Waals surface area contributed by atoms with Crippen molar-refractivity contribution in [2.24, 2.45) is 0 Å². The number of carbonyl (C=O) groups excluding carboxylic acids is 1. The number of hydrogen-bond acceptors (Lipinski definition) is 3. The van der Waals surface area contributed by atoms with Gasteiger partial charge in [-0.2, -0.15) is 13.2 Å². The number of rotatable bonds is 4. The zero-order valence-electron chi connectivity index (χ0n) is 10.2. The lowest BCUT2D eigenvalue weighted by atomic mass is 10.2. The monoisotopic (exact) mass is 295 g/mol. The summed E-state index contributed by atoms with van der Waals surface area (Å²) >= 11 is 1.07. The molecule has 1 rings (SSSR count). The molecule has 1 unspecified atom stereocenters. The Kier molecular flexibility index (Phi) is 4.56. The Balaban J connectivity index is 2.84. The molecule has 1 aromatic rings. The lowest BCUT2D eigenvalue weighted by Gasteiger charge is -2.19. The molecule has 19 heavy (non-hydrogen) atoms. The van der Waals surface area contributed by atoms with Gasteiger partial charge in [-0.05, 0) is 25.5 Å². The summed E-state index contributed by atoms with van der Waals surface area (Å²) in [6.45, 7) is 3.48. The second-order valence-corrected chi connectivity index (χ2v) is 5.27. The molecule has 0 radical (unpaired) electrons. The van der Waals surface area contributed by atoms with E-state index in [1.807, 2.05) is 0 Å². The fourth-order valence-corrected chi connectivity index (χ4v) is 2.27. The van der Waals surface area contributed by atoms with Crippen LogP contribution in [0.5, 0.6) is 0 Å². The van der Waals surface area contributed by atoms with Crippen LogP contribution in [0.3, 0.4) is 0 Å². The number of aliphatic carboxylic acids is 1. The highest BCUT2D eigenvalue weighted by Crippen LogP contribution is 2.25. The van der Waals surface area contributed by atoms with Crippen LogP contribution < -0.4 is 5.32 Å². The average molecular weight is 295 g/mol. The minimum absolute atomic E-state index is 0.134. The molecular weight excluding hydrogens is 283 g/mol. The number of carboxylic acid groups (broad SMARTS) is 1. The molecule has 0 aromatic carbocycles. The van der Waals surface area contributed by atoms with E-state index in [0.717, 1.165) is 21.8 Å². The first-order valence-corrected chi connectivity index (χ1v) is 6.09. The van der Waals surface area contributed by atoms with Gasteiger partial charge >= 0.3 is 12.1 Å². The summed E-state index contributed by atoms with van der Waals surface area (Å²) in [4.78, 5) is 23.0. The fourth-order valence-electron chi connectivity index (χ4n) is 1.34. The average Bonchev–Trinajstić information content (AvgIpc) is 2.56. The minimum Gasteiger partial charge on any atom is -0.481 e. The van der Waals surface area contributed by atoms with Crippen molar-refractivity contribution in [3.05, 3.63) is 21.4 Å². The third-order valence-corrected chi connectivity index (χ3v) is 3.62. The molecular formula is C11H12F3NO3S. The van der Waals surface area contributed by atoms with Gasteiger partial charge in [-0.15, -0.1) is 11.3 Å². The summed E-state index contributed by atoms with van der Waals surface area (Å²) in [6.07, 6.45) is -5.99. The Hall–Kier alpha value is -1.57. The highest BCUT2D eigenvalue weighted by Gasteiger charge is 2.42. The first kappa shape index (κ1) is 15.5. The normalized spacial score (nSPS) is 13.1. The Morgan fingerprint density at radius 2 is 2.00 bits per heavy atom. The van der Waals surface area contributed by atoms with E-state index in [2.05, 4.69) is 0 Å². The van der Waals surface area contributed by atoms with E-state index in [4.69, 9.17) is 5.11 Å². The van der Waals surface area contributed by atoms with Gasteiger partial charge in [-0.3, -0.25) is 9.59 Å². The molecule has 2 N–H and O–H groups in total. The van der Waals surface area contributed by atoms with Crippen LogP contribution in [0.15, 0.2) is 6.07 Å². The SMILES string of the molecule is Cc1cc(C(=O)NC(CC(=O)O)C(F)(F)F)sc1C. The van der Waals surface area contributed by atoms with E-state index < -0.39 is 30.5 Å². The van der Waals surface area contributed by atoms with E-state index in [9.17, 15) is 22.8 Å². The molecule has 106 valence electrons. The van der Waals surface area contributed by atoms with Crippen LogP contribution in [-0.4, -0.2) is 29.2 Å². The van der Waals surface area contributed by atoms with Crippen LogP contribution in [0.4, 0.5) is 13.2 Å². The quantitative estimate of drug-likeness (QED) is 0.897. The van der Waals surface area contributed by atoms with E-state index in [1.54, 1.807) is 19.2 Å². The van der Waals surface area contributed by atoms with E-state index in [1.165, 1.54) is 6.07 Å². The number of carboxylic acids is 1. The lowest BCUT2D eigenvalue weighted by molar-refractivity contribution is -0.165. The number of alkyl halides is 3. The topological polar surface area (TPSA) is 66.4 Å². The lowest BCUT2D eigenvalue weighted by Crippen LogP contribution is -2.46. The number of hydrogen-bond donors (Lipinski definition) is 2. The maximum absolute atomic E-state index is 12.6. The molecule has 0 bridgehead atoms. The number of nitrogens with one attached hydrogen (secondary N) is 1. The fraction of sp³-hybridized carbons (Fsp3) is 0.455. The van der Waals surface area contributed by atoms with E-state index in [0.29, 0.717) is 0 Å². The van der Waals surface area contributed by atoms with Crippen molar-refractivity contribution in [1.29, 1.82) is 0 Å². The predicted octanol–water partition coefficient (Wildman–Crippen LogP) is 2.50. The summed E-state index contributed by atoms with van der Waals surface area (Å²) in [7, 11) is 0. The van der Waals surface area contributed by atoms with Gasteiger partial charge in [0, 0.05) is 4.88 Å². The second-order valence-electron chi connectivity index (χ2n) is 4.02. The minimum atomic E-state index is -4.80. The molecule has 1 heterocycles. The van der Waals surface area contributed by atoms with Crippen molar-refractivity contribution >= 4 is 23.2 Å². The maximum Gasteiger partial charge on any atom is 0.409 e. The van der Waals surface area contributed by atoms with Gasteiger partial charge in [0.15, 0.2) is 0 Å². The van der Waals surface area contributed by atoms with Crippen molar-refractivity contribution in [3.8, 4) is 0 Å².